The van der Waals surface area contributed by atoms with Gasteiger partial charge in [0.1, 0.15) is 0 Å². The monoisotopic (exact) mass is 419 g/mol. The van der Waals surface area contributed by atoms with Crippen LogP contribution in [0.25, 0.3) is 0 Å². The highest BCUT2D eigenvalue weighted by Gasteiger charge is 2.32. The number of hydrogen-bond donors (Lipinski definition) is 1. The first-order valence-corrected chi connectivity index (χ1v) is 11.0. The fraction of sp³-hybridized carbons (Fsp3) is 0.652. The minimum absolute atomic E-state index is 0. The zero-order chi connectivity index (χ0) is 19.3. The van der Waals surface area contributed by atoms with Gasteiger partial charge < -0.3 is 15.1 Å². The van der Waals surface area contributed by atoms with Crippen molar-refractivity contribution in [3.05, 3.63) is 35.9 Å². The number of piperazine rings is 1. The Hall–Kier alpha value is -1.59. The second-order valence-corrected chi connectivity index (χ2v) is 8.73. The normalized spacial score (nSPS) is 28.0. The lowest BCUT2D eigenvalue weighted by Gasteiger charge is -2.41. The van der Waals surface area contributed by atoms with Gasteiger partial charge in [0.05, 0.1) is 6.54 Å². The molecule has 0 spiro atoms. The summed E-state index contributed by atoms with van der Waals surface area (Å²) in [7, 11) is 0. The quantitative estimate of drug-likeness (QED) is 0.815. The molecular weight excluding hydrogens is 386 g/mol. The number of rotatable bonds is 4. The van der Waals surface area contributed by atoms with E-state index in [1.807, 2.05) is 9.80 Å². The number of piperidine rings is 1. The minimum atomic E-state index is 0. The molecule has 160 valence electrons. The second-order valence-electron chi connectivity index (χ2n) is 8.73. The summed E-state index contributed by atoms with van der Waals surface area (Å²) < 4.78 is 0. The van der Waals surface area contributed by atoms with E-state index < -0.39 is 0 Å². The summed E-state index contributed by atoms with van der Waals surface area (Å²) in [4.78, 5) is 29.2. The van der Waals surface area contributed by atoms with Crippen molar-refractivity contribution >= 4 is 24.2 Å². The van der Waals surface area contributed by atoms with Crippen LogP contribution in [0.5, 0.6) is 0 Å². The maximum absolute atomic E-state index is 12.9. The van der Waals surface area contributed by atoms with Gasteiger partial charge in [-0.15, -0.1) is 12.4 Å². The first-order chi connectivity index (χ1) is 13.7. The molecular formula is C23H34ClN3O2. The molecule has 3 aliphatic rings. The number of halogens is 1. The number of benzene rings is 1. The van der Waals surface area contributed by atoms with Gasteiger partial charge in [-0.05, 0) is 55.9 Å². The molecule has 1 unspecified atom stereocenters. The lowest BCUT2D eigenvalue weighted by atomic mass is 9.77. The van der Waals surface area contributed by atoms with E-state index in [-0.39, 0.29) is 24.4 Å². The molecule has 1 atom stereocenters. The molecule has 1 saturated carbocycles. The topological polar surface area (TPSA) is 52.7 Å². The highest BCUT2D eigenvalue weighted by molar-refractivity contribution is 5.85. The summed E-state index contributed by atoms with van der Waals surface area (Å²) in [6.07, 6.45) is 7.41. The average Bonchev–Trinajstić information content (AvgIpc) is 2.75. The fourth-order valence-corrected chi connectivity index (χ4v) is 5.24. The Morgan fingerprint density at radius 3 is 2.52 bits per heavy atom. The molecule has 0 radical (unpaired) electrons. The Morgan fingerprint density at radius 2 is 1.79 bits per heavy atom. The van der Waals surface area contributed by atoms with Gasteiger partial charge >= 0.3 is 0 Å². The zero-order valence-electron chi connectivity index (χ0n) is 17.2. The first kappa shape index (κ1) is 22.1. The third-order valence-electron chi connectivity index (χ3n) is 6.90. The van der Waals surface area contributed by atoms with Crippen LogP contribution in [0.3, 0.4) is 0 Å². The summed E-state index contributed by atoms with van der Waals surface area (Å²) in [5.74, 6) is 1.67. The molecule has 0 bridgehead atoms. The Kier molecular flexibility index (Phi) is 7.96. The molecule has 2 amide bonds. The summed E-state index contributed by atoms with van der Waals surface area (Å²) >= 11 is 0. The van der Waals surface area contributed by atoms with Crippen molar-refractivity contribution < 1.29 is 9.59 Å². The number of carbonyl (C=O) groups excluding carboxylic acids is 2. The molecule has 0 aromatic heterocycles. The molecule has 3 fully saturated rings. The average molecular weight is 420 g/mol. The number of nitrogens with zero attached hydrogens (tertiary/aromatic N) is 2. The van der Waals surface area contributed by atoms with E-state index >= 15 is 0 Å². The van der Waals surface area contributed by atoms with Gasteiger partial charge in [0.15, 0.2) is 0 Å². The molecule has 1 aromatic rings. The third kappa shape index (κ3) is 5.52. The largest absolute Gasteiger partial charge is 0.341 e. The number of carbonyl (C=O) groups is 2. The molecule has 2 aliphatic heterocycles. The van der Waals surface area contributed by atoms with E-state index in [0.717, 1.165) is 51.9 Å². The molecule has 1 N–H and O–H groups in total. The van der Waals surface area contributed by atoms with Crippen molar-refractivity contribution in [3.8, 4) is 0 Å². The fourth-order valence-electron chi connectivity index (χ4n) is 5.24. The van der Waals surface area contributed by atoms with E-state index in [1.54, 1.807) is 0 Å². The molecule has 2 heterocycles. The third-order valence-corrected chi connectivity index (χ3v) is 6.90. The van der Waals surface area contributed by atoms with Gasteiger partial charge in [0.25, 0.3) is 0 Å². The van der Waals surface area contributed by atoms with Crippen molar-refractivity contribution in [2.45, 2.75) is 56.9 Å². The van der Waals surface area contributed by atoms with E-state index in [4.69, 9.17) is 0 Å². The summed E-state index contributed by atoms with van der Waals surface area (Å²) in [5, 5.41) is 3.14. The molecule has 4 rings (SSSR count). The Morgan fingerprint density at radius 1 is 1.03 bits per heavy atom. The predicted molar refractivity (Wildman–Crippen MR) is 117 cm³/mol. The Bertz CT molecular complexity index is 676. The van der Waals surface area contributed by atoms with Crippen molar-refractivity contribution in [1.29, 1.82) is 0 Å². The van der Waals surface area contributed by atoms with E-state index in [2.05, 4.69) is 35.6 Å². The molecule has 1 aromatic carbocycles. The van der Waals surface area contributed by atoms with Gasteiger partial charge in [0, 0.05) is 38.6 Å². The molecule has 29 heavy (non-hydrogen) atoms. The van der Waals surface area contributed by atoms with Gasteiger partial charge in [0.2, 0.25) is 11.8 Å². The Labute approximate surface area is 180 Å². The van der Waals surface area contributed by atoms with Gasteiger partial charge in [-0.3, -0.25) is 9.59 Å². The van der Waals surface area contributed by atoms with Gasteiger partial charge in [-0.2, -0.15) is 0 Å². The number of hydrogen-bond acceptors (Lipinski definition) is 3. The maximum atomic E-state index is 12.9. The maximum Gasteiger partial charge on any atom is 0.236 e. The summed E-state index contributed by atoms with van der Waals surface area (Å²) in [6, 6.07) is 11.0. The van der Waals surface area contributed by atoms with Crippen LogP contribution in [0.15, 0.2) is 30.3 Å². The predicted octanol–water partition coefficient (Wildman–Crippen LogP) is 3.20. The van der Waals surface area contributed by atoms with Crippen LogP contribution in [0.2, 0.25) is 0 Å². The number of likely N-dealkylation sites (tertiary alicyclic amines) is 1. The van der Waals surface area contributed by atoms with Crippen LogP contribution in [0, 0.1) is 5.92 Å². The highest BCUT2D eigenvalue weighted by Crippen LogP contribution is 2.37. The van der Waals surface area contributed by atoms with Crippen LogP contribution in [0.1, 0.15) is 56.4 Å². The lowest BCUT2D eigenvalue weighted by Crippen LogP contribution is -2.57. The smallest absolute Gasteiger partial charge is 0.236 e. The number of nitrogens with one attached hydrogen (secondary N) is 1. The highest BCUT2D eigenvalue weighted by atomic mass is 35.5. The SMILES string of the molecule is Cl.O=C(CC1CCC(c2ccccc2)CC1)N1CCCC(N2CCNCC2=O)C1. The molecule has 1 aliphatic carbocycles. The summed E-state index contributed by atoms with van der Waals surface area (Å²) in [5.41, 5.74) is 1.45. The zero-order valence-corrected chi connectivity index (χ0v) is 18.0. The van der Waals surface area contributed by atoms with E-state index in [0.29, 0.717) is 30.7 Å². The van der Waals surface area contributed by atoms with Crippen molar-refractivity contribution in [1.82, 2.24) is 15.1 Å². The van der Waals surface area contributed by atoms with Crippen molar-refractivity contribution in [2.24, 2.45) is 5.92 Å². The minimum Gasteiger partial charge on any atom is -0.341 e. The standard InChI is InChI=1S/C23H33N3O2.ClH/c27-22(15-18-8-10-20(11-9-18)19-5-2-1-3-6-19)25-13-4-7-21(17-25)26-14-12-24-16-23(26)28;/h1-3,5-6,18,20-21,24H,4,7-17H2;1H. The van der Waals surface area contributed by atoms with Crippen LogP contribution in [0.4, 0.5) is 0 Å². The van der Waals surface area contributed by atoms with Crippen LogP contribution in [-0.2, 0) is 9.59 Å². The molecule has 6 heteroatoms. The molecule has 2 saturated heterocycles. The van der Waals surface area contributed by atoms with E-state index in [1.165, 1.54) is 18.4 Å². The van der Waals surface area contributed by atoms with Crippen LogP contribution < -0.4 is 5.32 Å². The van der Waals surface area contributed by atoms with Gasteiger partial charge in [-0.1, -0.05) is 30.3 Å². The Balaban J connectivity index is 0.00000240. The van der Waals surface area contributed by atoms with Crippen LogP contribution in [-0.4, -0.2) is 60.4 Å². The second kappa shape index (κ2) is 10.4. The van der Waals surface area contributed by atoms with Crippen molar-refractivity contribution in [3.63, 3.8) is 0 Å². The van der Waals surface area contributed by atoms with Crippen molar-refractivity contribution in [2.75, 3.05) is 32.7 Å². The summed E-state index contributed by atoms with van der Waals surface area (Å²) in [6.45, 7) is 3.66. The first-order valence-electron chi connectivity index (χ1n) is 11.0. The number of amides is 2. The van der Waals surface area contributed by atoms with Crippen LogP contribution >= 0.6 is 12.4 Å². The van der Waals surface area contributed by atoms with E-state index in [9.17, 15) is 9.59 Å². The molecule has 5 nitrogen and oxygen atoms in total. The van der Waals surface area contributed by atoms with Gasteiger partial charge in [-0.25, -0.2) is 0 Å². The lowest BCUT2D eigenvalue weighted by molar-refractivity contribution is -0.141.